The lowest BCUT2D eigenvalue weighted by molar-refractivity contribution is -0.137. The highest BCUT2D eigenvalue weighted by Gasteiger charge is 2.33. The maximum Gasteiger partial charge on any atom is 0.417 e. The van der Waals surface area contributed by atoms with Gasteiger partial charge < -0.3 is 15.2 Å². The number of hydrazine groups is 1. The Balaban J connectivity index is 1.39. The Morgan fingerprint density at radius 1 is 1.20 bits per heavy atom. The first-order valence-electron chi connectivity index (χ1n) is 13.6. The molecule has 0 bridgehead atoms. The molecule has 1 saturated carbocycles. The number of hydrogen-bond acceptors (Lipinski definition) is 8. The number of halogens is 4. The van der Waals surface area contributed by atoms with Crippen LogP contribution >= 0.6 is 11.6 Å². The number of likely N-dealkylation sites (N-methyl/N-ethyl adjacent to an activating group) is 1. The van der Waals surface area contributed by atoms with E-state index in [2.05, 4.69) is 27.6 Å². The second-order valence-electron chi connectivity index (χ2n) is 10.4. The second kappa shape index (κ2) is 13.0. The lowest BCUT2D eigenvalue weighted by atomic mass is 9.82. The Kier molecular flexibility index (Phi) is 9.94. The molecular formula is C28H38ClF3N6O2. The summed E-state index contributed by atoms with van der Waals surface area (Å²) < 4.78 is 44.2. The fraction of sp³-hybridized carbons (Fsp3) is 0.571. The van der Waals surface area contributed by atoms with Crippen LogP contribution in [0.2, 0.25) is 5.02 Å². The fourth-order valence-electron chi connectivity index (χ4n) is 5.69. The number of rotatable bonds is 10. The molecule has 2 aromatic rings. The van der Waals surface area contributed by atoms with Crippen LogP contribution in [0.3, 0.4) is 0 Å². The summed E-state index contributed by atoms with van der Waals surface area (Å²) in [6.45, 7) is 8.99. The molecule has 3 N–H and O–H groups in total. The Morgan fingerprint density at radius 2 is 1.93 bits per heavy atom. The first-order valence-corrected chi connectivity index (χ1v) is 14.0. The van der Waals surface area contributed by atoms with Crippen molar-refractivity contribution in [2.24, 2.45) is 0 Å². The number of anilines is 2. The summed E-state index contributed by atoms with van der Waals surface area (Å²) in [5.74, 6) is 0.543. The SMILES string of the molecule is CCN(CCOC)C1CCC(c2ncc(NC(O)C3=C(C)N(c4ncc(C(F)(F)F)cc4Cl)NC3)cc2C)CC1. The molecule has 0 aromatic carbocycles. The van der Waals surface area contributed by atoms with Gasteiger partial charge in [-0.05, 0) is 63.8 Å². The van der Waals surface area contributed by atoms with E-state index in [-0.39, 0.29) is 17.4 Å². The molecule has 2 aliphatic rings. The smallest absolute Gasteiger partial charge is 0.383 e. The van der Waals surface area contributed by atoms with Crippen molar-refractivity contribution in [1.29, 1.82) is 0 Å². The molecule has 0 saturated heterocycles. The van der Waals surface area contributed by atoms with Gasteiger partial charge in [-0.2, -0.15) is 13.2 Å². The van der Waals surface area contributed by atoms with Crippen molar-refractivity contribution in [1.82, 2.24) is 20.3 Å². The quantitative estimate of drug-likeness (QED) is 0.318. The third kappa shape index (κ3) is 6.88. The molecule has 2 aromatic heterocycles. The van der Waals surface area contributed by atoms with E-state index in [4.69, 9.17) is 21.3 Å². The van der Waals surface area contributed by atoms with E-state index in [1.165, 1.54) is 5.01 Å². The first kappa shape index (κ1) is 30.5. The van der Waals surface area contributed by atoms with Crippen LogP contribution in [-0.4, -0.2) is 65.6 Å². The molecule has 1 atom stereocenters. The number of nitrogens with zero attached hydrogens (tertiary/aromatic N) is 4. The van der Waals surface area contributed by atoms with Crippen LogP contribution in [0.5, 0.6) is 0 Å². The number of alkyl halides is 3. The van der Waals surface area contributed by atoms with Crippen molar-refractivity contribution >= 4 is 23.1 Å². The van der Waals surface area contributed by atoms with E-state index < -0.39 is 18.0 Å². The van der Waals surface area contributed by atoms with Gasteiger partial charge in [0.05, 0.1) is 29.1 Å². The number of aromatic nitrogens is 2. The van der Waals surface area contributed by atoms with Gasteiger partial charge in [-0.3, -0.25) is 14.9 Å². The maximum atomic E-state index is 13.0. The number of aliphatic hydroxyl groups excluding tert-OH is 1. The van der Waals surface area contributed by atoms with Crippen molar-refractivity contribution in [2.75, 3.05) is 43.7 Å². The minimum absolute atomic E-state index is 0.131. The predicted octanol–water partition coefficient (Wildman–Crippen LogP) is 5.48. The zero-order chi connectivity index (χ0) is 29.0. The van der Waals surface area contributed by atoms with Crippen LogP contribution in [0.15, 0.2) is 35.8 Å². The third-order valence-corrected chi connectivity index (χ3v) is 8.21. The summed E-state index contributed by atoms with van der Waals surface area (Å²) in [6, 6.07) is 3.42. The van der Waals surface area contributed by atoms with Crippen molar-refractivity contribution in [2.45, 2.75) is 70.8 Å². The van der Waals surface area contributed by atoms with Gasteiger partial charge in [-0.15, -0.1) is 0 Å². The number of allylic oxidation sites excluding steroid dienone is 1. The summed E-state index contributed by atoms with van der Waals surface area (Å²) in [6.07, 6.45) is 1.36. The largest absolute Gasteiger partial charge is 0.417 e. The number of methoxy groups -OCH3 is 1. The van der Waals surface area contributed by atoms with E-state index >= 15 is 0 Å². The van der Waals surface area contributed by atoms with Crippen molar-refractivity contribution in [3.05, 3.63) is 57.6 Å². The van der Waals surface area contributed by atoms with Gasteiger partial charge in [-0.1, -0.05) is 18.5 Å². The number of aryl methyl sites for hydroxylation is 1. The molecule has 0 spiro atoms. The summed E-state index contributed by atoms with van der Waals surface area (Å²) in [4.78, 5) is 11.2. The fourth-order valence-corrected chi connectivity index (χ4v) is 5.94. The van der Waals surface area contributed by atoms with Gasteiger partial charge in [0.1, 0.15) is 6.23 Å². The number of nitrogens with one attached hydrogen (secondary N) is 2. The summed E-state index contributed by atoms with van der Waals surface area (Å²) in [5.41, 5.74) is 6.18. The number of ether oxygens (including phenoxy) is 1. The lowest BCUT2D eigenvalue weighted by Gasteiger charge is -2.36. The van der Waals surface area contributed by atoms with Crippen LogP contribution in [0.25, 0.3) is 0 Å². The Labute approximate surface area is 238 Å². The first-order chi connectivity index (χ1) is 19.0. The number of hydrogen-bond donors (Lipinski definition) is 3. The summed E-state index contributed by atoms with van der Waals surface area (Å²) in [5, 5.41) is 15.4. The zero-order valence-electron chi connectivity index (χ0n) is 23.4. The molecule has 1 fully saturated rings. The molecule has 1 aliphatic carbocycles. The molecule has 1 aliphatic heterocycles. The summed E-state index contributed by atoms with van der Waals surface area (Å²) >= 11 is 6.12. The van der Waals surface area contributed by atoms with Crippen LogP contribution in [0.1, 0.15) is 62.3 Å². The lowest BCUT2D eigenvalue weighted by Crippen LogP contribution is -2.39. The molecule has 0 radical (unpaired) electrons. The predicted molar refractivity (Wildman–Crippen MR) is 150 cm³/mol. The van der Waals surface area contributed by atoms with Gasteiger partial charge >= 0.3 is 6.18 Å². The Hall–Kier alpha value is -2.44. The van der Waals surface area contributed by atoms with Crippen molar-refractivity contribution in [3.63, 3.8) is 0 Å². The van der Waals surface area contributed by atoms with Crippen LogP contribution in [0.4, 0.5) is 24.7 Å². The highest BCUT2D eigenvalue weighted by atomic mass is 35.5. The Bertz CT molecular complexity index is 1200. The molecular weight excluding hydrogens is 545 g/mol. The van der Waals surface area contributed by atoms with E-state index in [1.54, 1.807) is 20.2 Å². The van der Waals surface area contributed by atoms with E-state index in [9.17, 15) is 18.3 Å². The molecule has 220 valence electrons. The Morgan fingerprint density at radius 3 is 2.52 bits per heavy atom. The molecule has 8 nitrogen and oxygen atoms in total. The third-order valence-electron chi connectivity index (χ3n) is 7.93. The van der Waals surface area contributed by atoms with Crippen molar-refractivity contribution in [3.8, 4) is 0 Å². The van der Waals surface area contributed by atoms with Crippen LogP contribution in [0, 0.1) is 6.92 Å². The molecule has 12 heteroatoms. The molecule has 3 heterocycles. The minimum atomic E-state index is -4.54. The van der Waals surface area contributed by atoms with E-state index in [1.807, 2.05) is 13.0 Å². The number of pyridine rings is 2. The van der Waals surface area contributed by atoms with E-state index in [0.717, 1.165) is 68.9 Å². The van der Waals surface area contributed by atoms with Crippen LogP contribution in [-0.2, 0) is 10.9 Å². The summed E-state index contributed by atoms with van der Waals surface area (Å²) in [7, 11) is 1.74. The van der Waals surface area contributed by atoms with Gasteiger partial charge in [0.25, 0.3) is 0 Å². The van der Waals surface area contributed by atoms with Crippen LogP contribution < -0.4 is 15.8 Å². The zero-order valence-corrected chi connectivity index (χ0v) is 24.1. The van der Waals surface area contributed by atoms with Crippen molar-refractivity contribution < 1.29 is 23.0 Å². The monoisotopic (exact) mass is 582 g/mol. The highest BCUT2D eigenvalue weighted by Crippen LogP contribution is 2.37. The van der Waals surface area contributed by atoms with Gasteiger partial charge in [0.15, 0.2) is 5.82 Å². The van der Waals surface area contributed by atoms with Gasteiger partial charge in [-0.25, -0.2) is 10.4 Å². The number of aliphatic hydroxyl groups is 1. The minimum Gasteiger partial charge on any atom is -0.383 e. The molecule has 40 heavy (non-hydrogen) atoms. The second-order valence-corrected chi connectivity index (χ2v) is 10.8. The molecule has 1 unspecified atom stereocenters. The molecule has 0 amide bonds. The molecule has 4 rings (SSSR count). The normalized spacial score (nSPS) is 20.9. The van der Waals surface area contributed by atoms with Gasteiger partial charge in [0.2, 0.25) is 0 Å². The average Bonchev–Trinajstić information content (AvgIpc) is 3.30. The topological polar surface area (TPSA) is 85.8 Å². The van der Waals surface area contributed by atoms with Gasteiger partial charge in [0, 0.05) is 55.3 Å². The average molecular weight is 583 g/mol. The van der Waals surface area contributed by atoms with E-state index in [0.29, 0.717) is 28.9 Å². The standard InChI is InChI=1S/C28H38ClF3N6O2/c1-5-37(10-11-40-4)22-8-6-19(7-9-22)25-17(2)12-21(15-33-25)36-27(39)23-16-35-38(18(23)3)26-24(29)13-20(14-34-26)28(30,31)32/h12-15,19,22,27,35-36,39H,5-11,16H2,1-4H3. The highest BCUT2D eigenvalue weighted by molar-refractivity contribution is 6.33. The maximum absolute atomic E-state index is 13.0.